The average Bonchev–Trinajstić information content (AvgIpc) is 3.11. The van der Waals surface area contributed by atoms with Crippen LogP contribution in [0, 0.1) is 0 Å². The number of nitrogens with zero attached hydrogens (tertiary/aromatic N) is 2. The van der Waals surface area contributed by atoms with Crippen molar-refractivity contribution < 1.29 is 24.2 Å². The number of carboxylic acids is 1. The number of carboxylic acid groups (broad SMARTS) is 1. The zero-order valence-corrected chi connectivity index (χ0v) is 21.3. The second-order valence-electron chi connectivity index (χ2n) is 7.53. The van der Waals surface area contributed by atoms with E-state index in [2.05, 4.69) is 20.9 Å². The largest absolute Gasteiger partial charge is 0.493 e. The fourth-order valence-electron chi connectivity index (χ4n) is 3.31. The highest BCUT2D eigenvalue weighted by molar-refractivity contribution is 9.10. The van der Waals surface area contributed by atoms with Gasteiger partial charge in [-0.25, -0.2) is 9.79 Å². The molecule has 0 spiro atoms. The number of amidine groups is 1. The lowest BCUT2D eigenvalue weighted by atomic mass is 10.1. The van der Waals surface area contributed by atoms with E-state index in [-0.39, 0.29) is 11.5 Å². The molecule has 0 aromatic heterocycles. The first-order valence-electron chi connectivity index (χ1n) is 10.5. The summed E-state index contributed by atoms with van der Waals surface area (Å²) in [5, 5.41) is 9.65. The molecular weight excluding hydrogens is 532 g/mol. The molecule has 3 aromatic rings. The van der Waals surface area contributed by atoms with Crippen molar-refractivity contribution in [1.29, 1.82) is 0 Å². The topological polar surface area (TPSA) is 88.4 Å². The number of methoxy groups -OCH3 is 1. The Kier molecular flexibility index (Phi) is 7.57. The number of hydrogen-bond donors (Lipinski definition) is 1. The third-order valence-electron chi connectivity index (χ3n) is 5.10. The van der Waals surface area contributed by atoms with Crippen LogP contribution in [0.15, 0.2) is 81.1 Å². The molecule has 1 heterocycles. The number of halogens is 1. The molecule has 1 fully saturated rings. The SMILES string of the molecule is COc1cc(C=C2SC(=Nc3cccc(C(=O)O)c3)N(C)C2=O)cc(Br)c1OCc1ccccc1. The van der Waals surface area contributed by atoms with E-state index in [1.54, 1.807) is 38.4 Å². The molecule has 1 N–H and O–H groups in total. The van der Waals surface area contributed by atoms with Gasteiger partial charge in [-0.15, -0.1) is 0 Å². The Morgan fingerprint density at radius 2 is 1.91 bits per heavy atom. The van der Waals surface area contributed by atoms with Crippen molar-refractivity contribution in [3.8, 4) is 11.5 Å². The van der Waals surface area contributed by atoms with Crippen LogP contribution in [-0.4, -0.2) is 41.2 Å². The number of carbonyl (C=O) groups is 2. The van der Waals surface area contributed by atoms with Crippen molar-refractivity contribution in [2.75, 3.05) is 14.2 Å². The fourth-order valence-corrected chi connectivity index (χ4v) is 4.88. The van der Waals surface area contributed by atoms with Gasteiger partial charge in [-0.3, -0.25) is 9.69 Å². The van der Waals surface area contributed by atoms with Gasteiger partial charge in [0.1, 0.15) is 6.61 Å². The highest BCUT2D eigenvalue weighted by Gasteiger charge is 2.30. The van der Waals surface area contributed by atoms with E-state index >= 15 is 0 Å². The van der Waals surface area contributed by atoms with Gasteiger partial charge in [-0.05, 0) is 75.2 Å². The van der Waals surface area contributed by atoms with E-state index in [1.165, 1.54) is 28.8 Å². The molecule has 0 aliphatic carbocycles. The second kappa shape index (κ2) is 10.8. The number of amides is 1. The molecule has 0 saturated carbocycles. The maximum Gasteiger partial charge on any atom is 0.335 e. The fraction of sp³-hybridized carbons (Fsp3) is 0.115. The van der Waals surface area contributed by atoms with Gasteiger partial charge in [-0.1, -0.05) is 36.4 Å². The first-order chi connectivity index (χ1) is 16.9. The van der Waals surface area contributed by atoms with E-state index in [9.17, 15) is 14.7 Å². The van der Waals surface area contributed by atoms with Crippen molar-refractivity contribution in [3.05, 3.63) is 92.8 Å². The number of thioether (sulfide) groups is 1. The molecule has 1 aliphatic heterocycles. The molecule has 0 bridgehead atoms. The van der Waals surface area contributed by atoms with Crippen molar-refractivity contribution in [2.24, 2.45) is 4.99 Å². The van der Waals surface area contributed by atoms with E-state index in [4.69, 9.17) is 9.47 Å². The first kappa shape index (κ1) is 24.6. The van der Waals surface area contributed by atoms with E-state index in [0.717, 1.165) is 11.1 Å². The van der Waals surface area contributed by atoms with E-state index in [1.807, 2.05) is 36.4 Å². The number of likely N-dealkylation sites (N-methyl/N-ethyl adjacent to an activating group) is 1. The number of aliphatic imine (C=N–C) groups is 1. The minimum absolute atomic E-state index is 0.131. The summed E-state index contributed by atoms with van der Waals surface area (Å²) < 4.78 is 12.2. The van der Waals surface area contributed by atoms with Gasteiger partial charge >= 0.3 is 5.97 Å². The van der Waals surface area contributed by atoms with Crippen LogP contribution in [0.2, 0.25) is 0 Å². The Balaban J connectivity index is 1.58. The van der Waals surface area contributed by atoms with Crippen LogP contribution in [-0.2, 0) is 11.4 Å². The molecule has 7 nitrogen and oxygen atoms in total. The summed E-state index contributed by atoms with van der Waals surface area (Å²) in [5.41, 5.74) is 2.37. The van der Waals surface area contributed by atoms with Gasteiger partial charge in [0.15, 0.2) is 16.7 Å². The lowest BCUT2D eigenvalue weighted by molar-refractivity contribution is -0.121. The Labute approximate surface area is 215 Å². The maximum atomic E-state index is 12.8. The third-order valence-corrected chi connectivity index (χ3v) is 6.75. The van der Waals surface area contributed by atoms with Crippen molar-refractivity contribution in [1.82, 2.24) is 4.90 Å². The van der Waals surface area contributed by atoms with Gasteiger partial charge in [0, 0.05) is 7.05 Å². The molecule has 0 atom stereocenters. The van der Waals surface area contributed by atoms with Gasteiger partial charge < -0.3 is 14.6 Å². The summed E-state index contributed by atoms with van der Waals surface area (Å²) >= 11 is 4.77. The number of carbonyl (C=O) groups excluding carboxylic acids is 1. The smallest absolute Gasteiger partial charge is 0.335 e. The Morgan fingerprint density at radius 3 is 2.63 bits per heavy atom. The highest BCUT2D eigenvalue weighted by atomic mass is 79.9. The number of ether oxygens (including phenoxy) is 2. The number of hydrogen-bond acceptors (Lipinski definition) is 6. The highest BCUT2D eigenvalue weighted by Crippen LogP contribution is 2.39. The summed E-state index contributed by atoms with van der Waals surface area (Å²) in [7, 11) is 3.19. The number of rotatable bonds is 7. The number of aromatic carboxylic acids is 1. The van der Waals surface area contributed by atoms with Gasteiger partial charge in [-0.2, -0.15) is 0 Å². The molecule has 0 unspecified atom stereocenters. The predicted molar refractivity (Wildman–Crippen MR) is 140 cm³/mol. The molecule has 178 valence electrons. The Morgan fingerprint density at radius 1 is 1.14 bits per heavy atom. The van der Waals surface area contributed by atoms with E-state index < -0.39 is 5.97 Å². The monoisotopic (exact) mass is 552 g/mol. The molecule has 1 saturated heterocycles. The van der Waals surface area contributed by atoms with Crippen LogP contribution in [0.25, 0.3) is 6.08 Å². The molecule has 35 heavy (non-hydrogen) atoms. The minimum atomic E-state index is -1.04. The predicted octanol–water partition coefficient (Wildman–Crippen LogP) is 5.97. The van der Waals surface area contributed by atoms with Crippen LogP contribution in [0.3, 0.4) is 0 Å². The Bertz CT molecular complexity index is 1340. The normalized spacial score (nSPS) is 15.6. The first-order valence-corrected chi connectivity index (χ1v) is 12.1. The average molecular weight is 553 g/mol. The van der Waals surface area contributed by atoms with Crippen molar-refractivity contribution in [2.45, 2.75) is 6.61 Å². The summed E-state index contributed by atoms with van der Waals surface area (Å²) in [4.78, 5) is 30.5. The lowest BCUT2D eigenvalue weighted by Gasteiger charge is -2.14. The van der Waals surface area contributed by atoms with Crippen LogP contribution in [0.4, 0.5) is 5.69 Å². The molecule has 9 heteroatoms. The molecular formula is C26H21BrN2O5S. The van der Waals surface area contributed by atoms with E-state index in [0.29, 0.717) is 38.3 Å². The lowest BCUT2D eigenvalue weighted by Crippen LogP contribution is -2.23. The van der Waals surface area contributed by atoms with Gasteiger partial charge in [0.25, 0.3) is 5.91 Å². The van der Waals surface area contributed by atoms with Gasteiger partial charge in [0.2, 0.25) is 0 Å². The van der Waals surface area contributed by atoms with Crippen LogP contribution in [0.1, 0.15) is 21.5 Å². The summed E-state index contributed by atoms with van der Waals surface area (Å²) in [6.45, 7) is 0.387. The second-order valence-corrected chi connectivity index (χ2v) is 9.40. The zero-order chi connectivity index (χ0) is 24.9. The molecule has 0 radical (unpaired) electrons. The molecule has 4 rings (SSSR count). The zero-order valence-electron chi connectivity index (χ0n) is 18.9. The van der Waals surface area contributed by atoms with Crippen molar-refractivity contribution in [3.63, 3.8) is 0 Å². The van der Waals surface area contributed by atoms with Crippen LogP contribution in [0.5, 0.6) is 11.5 Å². The minimum Gasteiger partial charge on any atom is -0.493 e. The van der Waals surface area contributed by atoms with Crippen LogP contribution < -0.4 is 9.47 Å². The van der Waals surface area contributed by atoms with Crippen molar-refractivity contribution >= 4 is 56.5 Å². The maximum absolute atomic E-state index is 12.8. The molecule has 1 amide bonds. The molecule has 3 aromatic carbocycles. The number of benzene rings is 3. The van der Waals surface area contributed by atoms with Gasteiger partial charge in [0.05, 0.1) is 27.7 Å². The standard InChI is InChI=1S/C26H21BrN2O5S/c1-29-24(30)22(35-26(29)28-19-10-6-9-18(14-19)25(31)32)13-17-11-20(27)23(21(12-17)33-2)34-15-16-7-4-3-5-8-16/h3-14H,15H2,1-2H3,(H,31,32). The quantitative estimate of drug-likeness (QED) is 0.363. The summed E-state index contributed by atoms with van der Waals surface area (Å²) in [6, 6.07) is 19.7. The summed E-state index contributed by atoms with van der Waals surface area (Å²) in [6.07, 6.45) is 1.76. The molecule has 1 aliphatic rings. The third kappa shape index (κ3) is 5.75. The Hall–Kier alpha value is -3.56. The van der Waals surface area contributed by atoms with Crippen LogP contribution >= 0.6 is 27.7 Å². The summed E-state index contributed by atoms with van der Waals surface area (Å²) in [5.74, 6) is -0.138.